The lowest BCUT2D eigenvalue weighted by atomic mass is 10.1. The number of hydrogen-bond acceptors (Lipinski definition) is 1. The third-order valence-electron chi connectivity index (χ3n) is 2.18. The van der Waals surface area contributed by atoms with Gasteiger partial charge in [0, 0.05) is 0 Å². The summed E-state index contributed by atoms with van der Waals surface area (Å²) in [6.07, 6.45) is 11.9. The van der Waals surface area contributed by atoms with E-state index in [0.717, 1.165) is 18.6 Å². The molecular weight excluding hydrogens is 180 g/mol. The molecule has 0 aromatic rings. The molecule has 0 N–H and O–H groups in total. The molecule has 0 saturated heterocycles. The highest BCUT2D eigenvalue weighted by atomic mass is 32.2. The molecule has 0 saturated carbocycles. The molecule has 2 heteroatoms. The Hall–Kier alpha value is 0.310. The topological polar surface area (TPSA) is 23.1 Å². The first-order chi connectivity index (χ1) is 6.27. The molecule has 0 amide bonds. The van der Waals surface area contributed by atoms with Gasteiger partial charge in [-0.25, -0.2) is 0 Å². The zero-order valence-corrected chi connectivity index (χ0v) is 9.70. The summed E-state index contributed by atoms with van der Waals surface area (Å²) in [5.74, 6) is 0.888. The van der Waals surface area contributed by atoms with E-state index in [1.54, 1.807) is 6.26 Å². The summed E-state index contributed by atoms with van der Waals surface area (Å²) in [5, 5.41) is 0. The highest BCUT2D eigenvalue weighted by Gasteiger charge is 1.96. The molecule has 0 rings (SSSR count). The molecule has 0 aromatic carbocycles. The molecule has 79 valence electrons. The first-order valence-corrected chi connectivity index (χ1v) is 7.09. The maximum Gasteiger partial charge on any atom is 0.105 e. The monoisotopic (exact) mass is 203 g/mol. The zero-order valence-electron chi connectivity index (χ0n) is 8.89. The average molecular weight is 203 g/mol. The van der Waals surface area contributed by atoms with E-state index in [4.69, 9.17) is 0 Å². The van der Waals surface area contributed by atoms with Gasteiger partial charge in [0.1, 0.15) is 5.75 Å². The van der Waals surface area contributed by atoms with Crippen LogP contribution in [-0.2, 0) is 11.2 Å². The Morgan fingerprint density at radius 3 is 1.85 bits per heavy atom. The molecule has 0 fully saturated rings. The van der Waals surface area contributed by atoms with E-state index >= 15 is 0 Å². The zero-order chi connectivity index (χ0) is 9.94. The van der Waals surface area contributed by atoms with Gasteiger partial charge in [-0.2, -0.15) is 0 Å². The second-order valence-electron chi connectivity index (χ2n) is 3.61. The lowest BCUT2D eigenvalue weighted by Gasteiger charge is -2.04. The van der Waals surface area contributed by atoms with Crippen LogP contribution in [0.5, 0.6) is 0 Å². The quantitative estimate of drug-likeness (QED) is 0.416. The Bertz CT molecular complexity index is 94.1. The van der Waals surface area contributed by atoms with Gasteiger partial charge in [-0.05, 0) is 12.8 Å². The standard InChI is InChI=1S/C11H23OS/c1-3-4-5-6-7-8-9-10-11-13(2)12/h1,3-11H2,2H3. The Morgan fingerprint density at radius 1 is 0.923 bits per heavy atom. The fraction of sp³-hybridized carbons (Fsp3) is 0.909. The van der Waals surface area contributed by atoms with Gasteiger partial charge in [-0.1, -0.05) is 56.6 Å². The third-order valence-corrected chi connectivity index (χ3v) is 3.05. The fourth-order valence-electron chi connectivity index (χ4n) is 1.37. The van der Waals surface area contributed by atoms with Crippen molar-refractivity contribution in [3.05, 3.63) is 6.92 Å². The van der Waals surface area contributed by atoms with E-state index in [2.05, 4.69) is 6.92 Å². The highest BCUT2D eigenvalue weighted by molar-refractivity contribution is 7.90. The van der Waals surface area contributed by atoms with Gasteiger partial charge in [0.2, 0.25) is 0 Å². The molecule has 1 radical (unpaired) electrons. The van der Waals surface area contributed by atoms with E-state index in [1.165, 1.54) is 38.5 Å². The molecule has 1 nitrogen and oxygen atoms in total. The molecule has 0 aliphatic rings. The van der Waals surface area contributed by atoms with Crippen molar-refractivity contribution >= 4 is 11.2 Å². The molecule has 1 atom stereocenters. The molecule has 13 heavy (non-hydrogen) atoms. The maximum atomic E-state index is 10.7. The van der Waals surface area contributed by atoms with Crippen LogP contribution in [-0.4, -0.2) is 16.6 Å². The molecule has 1 unspecified atom stereocenters. The van der Waals surface area contributed by atoms with Crippen LogP contribution in [0.25, 0.3) is 0 Å². The molecule has 0 spiro atoms. The fourth-order valence-corrected chi connectivity index (χ4v) is 1.98. The summed E-state index contributed by atoms with van der Waals surface area (Å²) < 4.78 is 10.7. The van der Waals surface area contributed by atoms with Crippen molar-refractivity contribution in [2.75, 3.05) is 12.0 Å². The normalized spacial score (nSPS) is 13.2. The lowest BCUT2D eigenvalue weighted by Crippen LogP contribution is -2.02. The van der Waals surface area contributed by atoms with Crippen LogP contribution >= 0.6 is 0 Å². The van der Waals surface area contributed by atoms with E-state index in [0.29, 0.717) is 0 Å². The summed E-state index contributed by atoms with van der Waals surface area (Å²) in [7, 11) is 0. The lowest BCUT2D eigenvalue weighted by molar-refractivity contribution is 0.578. The number of rotatable bonds is 9. The first kappa shape index (κ1) is 13.3. The average Bonchev–Trinajstić information content (AvgIpc) is 2.09. The van der Waals surface area contributed by atoms with E-state index in [-0.39, 0.29) is 0 Å². The highest BCUT2D eigenvalue weighted by Crippen LogP contribution is 2.08. The minimum absolute atomic E-state index is 0.584. The van der Waals surface area contributed by atoms with Crippen molar-refractivity contribution in [1.29, 1.82) is 0 Å². The summed E-state index contributed by atoms with van der Waals surface area (Å²) in [5.41, 5.74) is 0. The third kappa shape index (κ3) is 12.3. The van der Waals surface area contributed by atoms with E-state index in [9.17, 15) is 4.55 Å². The van der Waals surface area contributed by atoms with Gasteiger partial charge in [-0.3, -0.25) is 0 Å². The molecule has 0 aliphatic heterocycles. The van der Waals surface area contributed by atoms with Crippen LogP contribution in [0.2, 0.25) is 0 Å². The predicted molar refractivity (Wildman–Crippen MR) is 61.2 cm³/mol. The van der Waals surface area contributed by atoms with Crippen molar-refractivity contribution in [1.82, 2.24) is 0 Å². The second kappa shape index (κ2) is 10.4. The van der Waals surface area contributed by atoms with Crippen LogP contribution in [0.3, 0.4) is 0 Å². The summed E-state index contributed by atoms with van der Waals surface area (Å²) >= 11 is -0.584. The van der Waals surface area contributed by atoms with Crippen LogP contribution in [0.15, 0.2) is 0 Å². The SMILES string of the molecule is [CH2]CCCCCCCCC[S+](C)[O-]. The predicted octanol–water partition coefficient (Wildman–Crippen LogP) is 3.32. The first-order valence-electron chi connectivity index (χ1n) is 5.36. The largest absolute Gasteiger partial charge is 0.617 e. The van der Waals surface area contributed by atoms with Crippen molar-refractivity contribution in [2.24, 2.45) is 0 Å². The Morgan fingerprint density at radius 2 is 1.38 bits per heavy atom. The van der Waals surface area contributed by atoms with Crippen LogP contribution < -0.4 is 0 Å². The van der Waals surface area contributed by atoms with Crippen molar-refractivity contribution in [3.63, 3.8) is 0 Å². The second-order valence-corrected chi connectivity index (χ2v) is 5.16. The van der Waals surface area contributed by atoms with Crippen molar-refractivity contribution in [2.45, 2.75) is 51.4 Å². The molecular formula is C11H23OS. The molecule has 0 aromatic heterocycles. The van der Waals surface area contributed by atoms with Crippen LogP contribution in [0, 0.1) is 6.92 Å². The summed E-state index contributed by atoms with van der Waals surface area (Å²) in [6.45, 7) is 3.82. The Kier molecular flexibility index (Phi) is 10.6. The van der Waals surface area contributed by atoms with Crippen molar-refractivity contribution in [3.8, 4) is 0 Å². The Balaban J connectivity index is 2.84. The molecule has 0 aliphatic carbocycles. The summed E-state index contributed by atoms with van der Waals surface area (Å²) in [6, 6.07) is 0. The smallest absolute Gasteiger partial charge is 0.105 e. The number of hydrogen-bond donors (Lipinski definition) is 0. The van der Waals surface area contributed by atoms with Crippen LogP contribution in [0.4, 0.5) is 0 Å². The Labute approximate surface area is 86.5 Å². The van der Waals surface area contributed by atoms with Gasteiger partial charge in [0.05, 0.1) is 6.26 Å². The van der Waals surface area contributed by atoms with Crippen molar-refractivity contribution < 1.29 is 4.55 Å². The van der Waals surface area contributed by atoms with Gasteiger partial charge in [0.15, 0.2) is 0 Å². The van der Waals surface area contributed by atoms with Crippen LogP contribution in [0.1, 0.15) is 51.4 Å². The molecule has 0 heterocycles. The maximum absolute atomic E-state index is 10.7. The molecule has 0 bridgehead atoms. The van der Waals surface area contributed by atoms with Gasteiger partial charge in [-0.15, -0.1) is 0 Å². The van der Waals surface area contributed by atoms with E-state index in [1.807, 2.05) is 0 Å². The van der Waals surface area contributed by atoms with Gasteiger partial charge < -0.3 is 4.55 Å². The minimum Gasteiger partial charge on any atom is -0.617 e. The summed E-state index contributed by atoms with van der Waals surface area (Å²) in [4.78, 5) is 0. The number of unbranched alkanes of at least 4 members (excludes halogenated alkanes) is 7. The van der Waals surface area contributed by atoms with Gasteiger partial charge in [0.25, 0.3) is 0 Å². The van der Waals surface area contributed by atoms with Gasteiger partial charge >= 0.3 is 0 Å². The minimum atomic E-state index is -0.584. The van der Waals surface area contributed by atoms with E-state index < -0.39 is 11.2 Å².